The number of nitro groups is 1. The van der Waals surface area contributed by atoms with E-state index in [0.29, 0.717) is 11.7 Å². The minimum absolute atomic E-state index is 0.0379. The van der Waals surface area contributed by atoms with Crippen LogP contribution in [0.2, 0.25) is 0 Å². The van der Waals surface area contributed by atoms with Crippen molar-refractivity contribution in [2.24, 2.45) is 0 Å². The number of nitrogens with zero attached hydrogens (tertiary/aromatic N) is 2. The highest BCUT2D eigenvalue weighted by Gasteiger charge is 2.28. The van der Waals surface area contributed by atoms with Crippen LogP contribution in [0.1, 0.15) is 25.7 Å². The number of ether oxygens (including phenoxy) is 1. The first-order chi connectivity index (χ1) is 12.3. The maximum atomic E-state index is 11.6. The van der Waals surface area contributed by atoms with E-state index in [4.69, 9.17) is 4.74 Å². The molecule has 9 heteroatoms. The molecule has 3 rings (SSSR count). The molecule has 0 atom stereocenters. The first kappa shape index (κ1) is 19.1. The van der Waals surface area contributed by atoms with E-state index in [1.807, 2.05) is 0 Å². The summed E-state index contributed by atoms with van der Waals surface area (Å²) in [4.78, 5) is 13.3. The van der Waals surface area contributed by atoms with Crippen molar-refractivity contribution in [1.29, 1.82) is 0 Å². The summed E-state index contributed by atoms with van der Waals surface area (Å²) in [6.45, 7) is 3.55. The fourth-order valence-electron chi connectivity index (χ4n) is 3.69. The van der Waals surface area contributed by atoms with E-state index in [0.717, 1.165) is 64.3 Å². The molecule has 2 heterocycles. The van der Waals surface area contributed by atoms with Crippen LogP contribution < -0.4 is 5.32 Å². The topological polar surface area (TPSA) is 102 Å². The average molecular weight is 383 g/mol. The summed E-state index contributed by atoms with van der Waals surface area (Å²) in [6, 6.07) is 4.78. The monoisotopic (exact) mass is 383 g/mol. The van der Waals surface area contributed by atoms with E-state index >= 15 is 0 Å². The van der Waals surface area contributed by atoms with Crippen molar-refractivity contribution in [3.63, 3.8) is 0 Å². The lowest BCUT2D eigenvalue weighted by Gasteiger charge is -2.39. The molecule has 0 saturated carbocycles. The van der Waals surface area contributed by atoms with Crippen LogP contribution in [-0.4, -0.2) is 62.9 Å². The van der Waals surface area contributed by atoms with Gasteiger partial charge in [-0.3, -0.25) is 10.1 Å². The van der Waals surface area contributed by atoms with Crippen molar-refractivity contribution >= 4 is 21.2 Å². The molecule has 8 nitrogen and oxygen atoms in total. The molecule has 0 radical (unpaired) electrons. The zero-order chi connectivity index (χ0) is 18.7. The first-order valence-corrected chi connectivity index (χ1v) is 10.8. The number of rotatable bonds is 5. The number of nitro benzene ring substituents is 1. The van der Waals surface area contributed by atoms with Gasteiger partial charge in [0.2, 0.25) is 0 Å². The van der Waals surface area contributed by atoms with Gasteiger partial charge in [0.15, 0.2) is 9.84 Å². The quantitative estimate of drug-likeness (QED) is 0.613. The molecule has 0 aliphatic carbocycles. The van der Waals surface area contributed by atoms with Crippen molar-refractivity contribution in [1.82, 2.24) is 4.90 Å². The van der Waals surface area contributed by atoms with Gasteiger partial charge in [0.1, 0.15) is 5.69 Å². The fourth-order valence-corrected chi connectivity index (χ4v) is 4.34. The third-order valence-corrected chi connectivity index (χ3v) is 6.30. The number of nitrogens with one attached hydrogen (secondary N) is 1. The van der Waals surface area contributed by atoms with Crippen molar-refractivity contribution < 1.29 is 18.1 Å². The summed E-state index contributed by atoms with van der Waals surface area (Å²) >= 11 is 0. The highest BCUT2D eigenvalue weighted by atomic mass is 32.2. The standard InChI is InChI=1S/C17H25N3O5S/c1-26(23,24)15-2-3-16(17(12-15)20(21)22)18-13-4-8-19(9-5-13)14-6-10-25-11-7-14/h2-3,12-14,18H,4-11H2,1H3. The average Bonchev–Trinajstić information content (AvgIpc) is 2.62. The van der Waals surface area contributed by atoms with E-state index in [-0.39, 0.29) is 16.6 Å². The molecule has 2 aliphatic heterocycles. The Bertz CT molecular complexity index is 754. The lowest BCUT2D eigenvalue weighted by Crippen LogP contribution is -2.46. The predicted octanol–water partition coefficient (Wildman–Crippen LogP) is 2.05. The van der Waals surface area contributed by atoms with Crippen LogP contribution in [0, 0.1) is 10.1 Å². The summed E-state index contributed by atoms with van der Waals surface area (Å²) in [6.07, 6.45) is 4.99. The molecule has 1 aromatic carbocycles. The van der Waals surface area contributed by atoms with Crippen LogP contribution in [0.3, 0.4) is 0 Å². The summed E-state index contributed by atoms with van der Waals surface area (Å²) in [5.41, 5.74) is 0.187. The highest BCUT2D eigenvalue weighted by molar-refractivity contribution is 7.90. The summed E-state index contributed by atoms with van der Waals surface area (Å²) < 4.78 is 28.7. The Morgan fingerprint density at radius 3 is 2.42 bits per heavy atom. The molecule has 0 unspecified atom stereocenters. The number of hydrogen-bond donors (Lipinski definition) is 1. The molecule has 2 saturated heterocycles. The van der Waals surface area contributed by atoms with Crippen LogP contribution in [-0.2, 0) is 14.6 Å². The smallest absolute Gasteiger partial charge is 0.293 e. The first-order valence-electron chi connectivity index (χ1n) is 8.91. The van der Waals surface area contributed by atoms with Gasteiger partial charge in [0.25, 0.3) is 5.69 Å². The summed E-state index contributed by atoms with van der Waals surface area (Å²) in [5.74, 6) is 0. The number of sulfone groups is 1. The Balaban J connectivity index is 1.65. The van der Waals surface area contributed by atoms with Crippen molar-refractivity contribution in [3.8, 4) is 0 Å². The lowest BCUT2D eigenvalue weighted by molar-refractivity contribution is -0.384. The molecule has 26 heavy (non-hydrogen) atoms. The van der Waals surface area contributed by atoms with Gasteiger partial charge in [-0.15, -0.1) is 0 Å². The Morgan fingerprint density at radius 2 is 1.85 bits per heavy atom. The third kappa shape index (κ3) is 4.52. The largest absolute Gasteiger partial charge is 0.381 e. The van der Waals surface area contributed by atoms with Crippen molar-refractivity contribution in [2.75, 3.05) is 37.9 Å². The zero-order valence-corrected chi connectivity index (χ0v) is 15.7. The lowest BCUT2D eigenvalue weighted by atomic mass is 9.99. The number of anilines is 1. The third-order valence-electron chi connectivity index (χ3n) is 5.19. The van der Waals surface area contributed by atoms with E-state index in [2.05, 4.69) is 10.2 Å². The van der Waals surface area contributed by atoms with Gasteiger partial charge in [-0.05, 0) is 37.8 Å². The van der Waals surface area contributed by atoms with Crippen LogP contribution in [0.5, 0.6) is 0 Å². The second-order valence-electron chi connectivity index (χ2n) is 7.01. The molecule has 1 N–H and O–H groups in total. The van der Waals surface area contributed by atoms with Gasteiger partial charge in [0, 0.05) is 50.7 Å². The Morgan fingerprint density at radius 1 is 1.19 bits per heavy atom. The fraction of sp³-hybridized carbons (Fsp3) is 0.647. The van der Waals surface area contributed by atoms with Crippen LogP contribution in [0.4, 0.5) is 11.4 Å². The highest BCUT2D eigenvalue weighted by Crippen LogP contribution is 2.30. The van der Waals surface area contributed by atoms with Crippen LogP contribution in [0.25, 0.3) is 0 Å². The van der Waals surface area contributed by atoms with Crippen LogP contribution in [0.15, 0.2) is 23.1 Å². The maximum absolute atomic E-state index is 11.6. The van der Waals surface area contributed by atoms with Gasteiger partial charge < -0.3 is 15.0 Å². The molecule has 2 fully saturated rings. The van der Waals surface area contributed by atoms with Gasteiger partial charge in [0.05, 0.1) is 9.82 Å². The number of likely N-dealkylation sites (tertiary alicyclic amines) is 1. The van der Waals surface area contributed by atoms with Gasteiger partial charge >= 0.3 is 0 Å². The molecule has 0 bridgehead atoms. The van der Waals surface area contributed by atoms with Crippen LogP contribution >= 0.6 is 0 Å². The van der Waals surface area contributed by atoms with E-state index in [9.17, 15) is 18.5 Å². The minimum Gasteiger partial charge on any atom is -0.381 e. The maximum Gasteiger partial charge on any atom is 0.293 e. The van der Waals surface area contributed by atoms with Gasteiger partial charge in [-0.25, -0.2) is 8.42 Å². The van der Waals surface area contributed by atoms with Crippen molar-refractivity contribution in [3.05, 3.63) is 28.3 Å². The normalized spacial score (nSPS) is 20.8. The Labute approximate surface area is 153 Å². The molecule has 2 aliphatic rings. The zero-order valence-electron chi connectivity index (χ0n) is 14.9. The second kappa shape index (κ2) is 7.89. The van der Waals surface area contributed by atoms with Crippen molar-refractivity contribution in [2.45, 2.75) is 42.7 Å². The molecule has 0 aromatic heterocycles. The molecule has 1 aromatic rings. The number of hydrogen-bond acceptors (Lipinski definition) is 7. The Kier molecular flexibility index (Phi) is 5.79. The van der Waals surface area contributed by atoms with E-state index in [1.165, 1.54) is 12.1 Å². The predicted molar refractivity (Wildman–Crippen MR) is 98.3 cm³/mol. The van der Waals surface area contributed by atoms with E-state index < -0.39 is 14.8 Å². The SMILES string of the molecule is CS(=O)(=O)c1ccc(NC2CCN(C3CCOCC3)CC2)c([N+](=O)[O-])c1. The molecular formula is C17H25N3O5S. The molecule has 144 valence electrons. The Hall–Kier alpha value is -1.71. The second-order valence-corrected chi connectivity index (χ2v) is 9.02. The summed E-state index contributed by atoms with van der Waals surface area (Å²) in [5, 5.41) is 14.6. The molecular weight excluding hydrogens is 358 g/mol. The van der Waals surface area contributed by atoms with Gasteiger partial charge in [-0.2, -0.15) is 0 Å². The molecule has 0 spiro atoms. The van der Waals surface area contributed by atoms with Gasteiger partial charge in [-0.1, -0.05) is 0 Å². The van der Waals surface area contributed by atoms with E-state index in [1.54, 1.807) is 0 Å². The number of benzene rings is 1. The minimum atomic E-state index is -3.48. The molecule has 0 amide bonds. The summed E-state index contributed by atoms with van der Waals surface area (Å²) in [7, 11) is -3.48. The number of piperidine rings is 1.